The smallest absolute Gasteiger partial charge is 0.0922 e. The van der Waals surface area contributed by atoms with Gasteiger partial charge in [-0.15, -0.1) is 0 Å². The summed E-state index contributed by atoms with van der Waals surface area (Å²) in [6.07, 6.45) is 9.17. The SMILES string of the molecule is CCCCC(C)Cc1cn(Sc2cccc(C)c2)c2cccnc12. The molecule has 0 aliphatic heterocycles. The Morgan fingerprint density at radius 2 is 2.08 bits per heavy atom. The van der Waals surface area contributed by atoms with Crippen molar-refractivity contribution in [3.63, 3.8) is 0 Å². The molecule has 0 amide bonds. The van der Waals surface area contributed by atoms with Gasteiger partial charge in [-0.05, 0) is 66.6 Å². The Balaban J connectivity index is 1.88. The molecule has 2 heterocycles. The molecule has 2 nitrogen and oxygen atoms in total. The summed E-state index contributed by atoms with van der Waals surface area (Å²) in [6, 6.07) is 12.9. The molecule has 0 spiro atoms. The standard InChI is InChI=1S/C21H26N2S/c1-4-5-8-16(2)13-18-15-23(20-11-7-12-22-21(18)20)24-19-10-6-9-17(3)14-19/h6-7,9-12,14-16H,4-5,8,13H2,1-3H3. The molecule has 2 aromatic heterocycles. The molecule has 3 heteroatoms. The van der Waals surface area contributed by atoms with Crippen LogP contribution in [0.1, 0.15) is 44.2 Å². The fourth-order valence-corrected chi connectivity index (χ4v) is 4.17. The first kappa shape index (κ1) is 17.1. The molecule has 24 heavy (non-hydrogen) atoms. The van der Waals surface area contributed by atoms with Gasteiger partial charge in [0.2, 0.25) is 0 Å². The van der Waals surface area contributed by atoms with E-state index in [0.29, 0.717) is 5.92 Å². The molecule has 3 aromatic rings. The molecular weight excluding hydrogens is 312 g/mol. The summed E-state index contributed by atoms with van der Waals surface area (Å²) >= 11 is 1.77. The Kier molecular flexibility index (Phi) is 5.62. The van der Waals surface area contributed by atoms with Crippen LogP contribution < -0.4 is 0 Å². The predicted octanol–water partition coefficient (Wildman–Crippen LogP) is 6.27. The highest BCUT2D eigenvalue weighted by Gasteiger charge is 2.13. The number of benzene rings is 1. The van der Waals surface area contributed by atoms with E-state index >= 15 is 0 Å². The molecule has 0 aliphatic carbocycles. The number of fused-ring (bicyclic) bond motifs is 1. The van der Waals surface area contributed by atoms with Gasteiger partial charge in [-0.2, -0.15) is 0 Å². The minimum absolute atomic E-state index is 0.704. The van der Waals surface area contributed by atoms with E-state index in [1.165, 1.54) is 40.8 Å². The normalized spacial score (nSPS) is 12.6. The monoisotopic (exact) mass is 338 g/mol. The van der Waals surface area contributed by atoms with Gasteiger partial charge in [0, 0.05) is 17.3 Å². The van der Waals surface area contributed by atoms with Crippen molar-refractivity contribution in [2.45, 2.75) is 51.3 Å². The van der Waals surface area contributed by atoms with Gasteiger partial charge >= 0.3 is 0 Å². The lowest BCUT2D eigenvalue weighted by Gasteiger charge is -2.09. The largest absolute Gasteiger partial charge is 0.285 e. The van der Waals surface area contributed by atoms with Crippen LogP contribution in [0.15, 0.2) is 53.7 Å². The molecule has 0 saturated carbocycles. The van der Waals surface area contributed by atoms with Crippen LogP contribution in [0.3, 0.4) is 0 Å². The molecule has 0 N–H and O–H groups in total. The minimum Gasteiger partial charge on any atom is -0.285 e. The molecule has 126 valence electrons. The molecule has 0 bridgehead atoms. The Labute approximate surface area is 149 Å². The lowest BCUT2D eigenvalue weighted by Crippen LogP contribution is -1.99. The zero-order chi connectivity index (χ0) is 16.9. The minimum atomic E-state index is 0.704. The number of hydrogen-bond acceptors (Lipinski definition) is 2. The van der Waals surface area contributed by atoms with Gasteiger partial charge in [-0.25, -0.2) is 0 Å². The maximum Gasteiger partial charge on any atom is 0.0922 e. The quantitative estimate of drug-likeness (QED) is 0.505. The summed E-state index contributed by atoms with van der Waals surface area (Å²) in [6.45, 7) is 6.76. The number of aryl methyl sites for hydroxylation is 1. The highest BCUT2D eigenvalue weighted by molar-refractivity contribution is 7.98. The maximum atomic E-state index is 4.66. The second-order valence-electron chi connectivity index (χ2n) is 6.71. The molecule has 0 aliphatic rings. The van der Waals surface area contributed by atoms with E-state index in [-0.39, 0.29) is 0 Å². The summed E-state index contributed by atoms with van der Waals surface area (Å²) in [7, 11) is 0. The van der Waals surface area contributed by atoms with Crippen molar-refractivity contribution < 1.29 is 0 Å². The van der Waals surface area contributed by atoms with Gasteiger partial charge in [0.25, 0.3) is 0 Å². The van der Waals surface area contributed by atoms with E-state index < -0.39 is 0 Å². The maximum absolute atomic E-state index is 4.66. The lowest BCUT2D eigenvalue weighted by molar-refractivity contribution is 0.504. The van der Waals surface area contributed by atoms with Crippen molar-refractivity contribution in [2.24, 2.45) is 5.92 Å². The molecular formula is C21H26N2S. The molecule has 0 radical (unpaired) electrons. The van der Waals surface area contributed by atoms with E-state index in [2.05, 4.69) is 66.3 Å². The van der Waals surface area contributed by atoms with Crippen LogP contribution >= 0.6 is 11.9 Å². The third-order valence-corrected chi connectivity index (χ3v) is 5.38. The highest BCUT2D eigenvalue weighted by atomic mass is 32.2. The van der Waals surface area contributed by atoms with Crippen molar-refractivity contribution in [2.75, 3.05) is 0 Å². The van der Waals surface area contributed by atoms with Gasteiger partial charge in [-0.1, -0.05) is 45.2 Å². The summed E-state index contributed by atoms with van der Waals surface area (Å²) < 4.78 is 2.28. The van der Waals surface area contributed by atoms with Gasteiger partial charge in [-0.3, -0.25) is 8.96 Å². The molecule has 1 unspecified atom stereocenters. The number of pyridine rings is 1. The molecule has 1 aromatic carbocycles. The lowest BCUT2D eigenvalue weighted by atomic mass is 9.97. The van der Waals surface area contributed by atoms with E-state index in [9.17, 15) is 0 Å². The third-order valence-electron chi connectivity index (χ3n) is 4.41. The fourth-order valence-electron chi connectivity index (χ4n) is 3.13. The summed E-state index contributed by atoms with van der Waals surface area (Å²) in [5.41, 5.74) is 5.03. The fraction of sp³-hybridized carbons (Fsp3) is 0.381. The Morgan fingerprint density at radius 1 is 1.21 bits per heavy atom. The van der Waals surface area contributed by atoms with Crippen LogP contribution in [0.25, 0.3) is 11.0 Å². The molecule has 1 atom stereocenters. The number of rotatable bonds is 7. The van der Waals surface area contributed by atoms with Crippen molar-refractivity contribution in [3.05, 3.63) is 59.9 Å². The molecule has 0 fully saturated rings. The Morgan fingerprint density at radius 3 is 2.88 bits per heavy atom. The van der Waals surface area contributed by atoms with Gasteiger partial charge in [0.1, 0.15) is 0 Å². The first-order valence-corrected chi connectivity index (χ1v) is 9.64. The molecule has 3 rings (SSSR count). The van der Waals surface area contributed by atoms with Crippen LogP contribution in [0.4, 0.5) is 0 Å². The van der Waals surface area contributed by atoms with Crippen LogP contribution in [-0.2, 0) is 6.42 Å². The van der Waals surface area contributed by atoms with Crippen LogP contribution in [0.2, 0.25) is 0 Å². The topological polar surface area (TPSA) is 17.8 Å². The number of nitrogens with zero attached hydrogens (tertiary/aromatic N) is 2. The average molecular weight is 339 g/mol. The predicted molar refractivity (Wildman–Crippen MR) is 105 cm³/mol. The van der Waals surface area contributed by atoms with Crippen molar-refractivity contribution >= 4 is 23.0 Å². The van der Waals surface area contributed by atoms with E-state index in [4.69, 9.17) is 0 Å². The van der Waals surface area contributed by atoms with Gasteiger partial charge in [0.05, 0.1) is 11.0 Å². The van der Waals surface area contributed by atoms with Crippen molar-refractivity contribution in [1.82, 2.24) is 8.96 Å². The first-order valence-electron chi connectivity index (χ1n) is 8.87. The number of aromatic nitrogens is 2. The third kappa shape index (κ3) is 4.02. The zero-order valence-electron chi connectivity index (χ0n) is 14.8. The van der Waals surface area contributed by atoms with Gasteiger partial charge in [0.15, 0.2) is 0 Å². The van der Waals surface area contributed by atoms with Gasteiger partial charge < -0.3 is 0 Å². The van der Waals surface area contributed by atoms with Crippen LogP contribution in [-0.4, -0.2) is 8.96 Å². The average Bonchev–Trinajstić information content (AvgIpc) is 2.91. The van der Waals surface area contributed by atoms with Crippen LogP contribution in [0, 0.1) is 12.8 Å². The van der Waals surface area contributed by atoms with E-state index in [1.54, 1.807) is 11.9 Å². The second-order valence-corrected chi connectivity index (χ2v) is 7.76. The Bertz CT molecular complexity index is 806. The number of unbranched alkanes of at least 4 members (excludes halogenated alkanes) is 1. The second kappa shape index (κ2) is 7.89. The Hall–Kier alpha value is -1.74. The van der Waals surface area contributed by atoms with Crippen molar-refractivity contribution in [1.29, 1.82) is 0 Å². The van der Waals surface area contributed by atoms with E-state index in [1.807, 2.05) is 12.3 Å². The van der Waals surface area contributed by atoms with Crippen molar-refractivity contribution in [3.8, 4) is 0 Å². The summed E-state index contributed by atoms with van der Waals surface area (Å²) in [5.74, 6) is 0.704. The number of hydrogen-bond donors (Lipinski definition) is 0. The first-order chi connectivity index (χ1) is 11.7. The highest BCUT2D eigenvalue weighted by Crippen LogP contribution is 2.30. The summed E-state index contributed by atoms with van der Waals surface area (Å²) in [5, 5.41) is 0. The van der Waals surface area contributed by atoms with E-state index in [0.717, 1.165) is 11.9 Å². The summed E-state index contributed by atoms with van der Waals surface area (Å²) in [4.78, 5) is 5.93. The zero-order valence-corrected chi connectivity index (χ0v) is 15.6. The van der Waals surface area contributed by atoms with Crippen LogP contribution in [0.5, 0.6) is 0 Å². The molecule has 0 saturated heterocycles.